The lowest BCUT2D eigenvalue weighted by Crippen LogP contribution is -2.45. The van der Waals surface area contributed by atoms with Gasteiger partial charge in [0.2, 0.25) is 17.7 Å². The number of aromatic amines is 1. The molecule has 3 amide bonds. The molecule has 240 valence electrons. The number of halogens is 1. The number of nitrogens with one attached hydrogen (secondary N) is 2. The van der Waals surface area contributed by atoms with Gasteiger partial charge in [-0.05, 0) is 110 Å². The van der Waals surface area contributed by atoms with Crippen LogP contribution in [0, 0.1) is 17.1 Å². The molecule has 11 nitrogen and oxygen atoms in total. The standard InChI is InChI=1S/C35H35FN8O3/c1-20(40-19-30(45)44-14-2-3-27(44)18-37)17-35(34-41-33(42-43-34)21-6-10-26(36)11-7-21)28-12-8-24(31(38)46)15-22(28)4-5-23-16-25(32(39)47)9-13-29(23)35/h6-13,15-16,20,27,40H,2-5,14,17,19H2,1H3,(H2,38,46)(H2,39,47)(H,41,42,43)/t20-,27+/m1/s1. The summed E-state index contributed by atoms with van der Waals surface area (Å²) in [5.74, 6) is -0.713. The van der Waals surface area contributed by atoms with Gasteiger partial charge in [0.05, 0.1) is 18.0 Å². The van der Waals surface area contributed by atoms with Crippen LogP contribution in [-0.4, -0.2) is 63.0 Å². The first-order valence-corrected chi connectivity index (χ1v) is 15.6. The maximum Gasteiger partial charge on any atom is 0.248 e. The Labute approximate surface area is 271 Å². The molecule has 0 unspecified atom stereocenters. The number of H-pyrrole nitrogens is 1. The van der Waals surface area contributed by atoms with Crippen LogP contribution < -0.4 is 16.8 Å². The maximum absolute atomic E-state index is 13.8. The summed E-state index contributed by atoms with van der Waals surface area (Å²) in [5, 5.41) is 22.0. The summed E-state index contributed by atoms with van der Waals surface area (Å²) in [6, 6.07) is 18.2. The number of hydrogen-bond acceptors (Lipinski definition) is 7. The smallest absolute Gasteiger partial charge is 0.248 e. The quantitative estimate of drug-likeness (QED) is 0.218. The highest BCUT2D eigenvalue weighted by atomic mass is 19.1. The van der Waals surface area contributed by atoms with Crippen LogP contribution in [0.25, 0.3) is 11.4 Å². The number of nitrogens with two attached hydrogens (primary N) is 2. The Morgan fingerprint density at radius 1 is 1.02 bits per heavy atom. The predicted molar refractivity (Wildman–Crippen MR) is 171 cm³/mol. The van der Waals surface area contributed by atoms with Crippen LogP contribution >= 0.6 is 0 Å². The van der Waals surface area contributed by atoms with Gasteiger partial charge in [0.15, 0.2) is 5.82 Å². The molecular formula is C35H35FN8O3. The molecule has 12 heteroatoms. The number of nitrogens with zero attached hydrogens (tertiary/aromatic N) is 4. The number of aromatic nitrogens is 3. The third-order valence-electron chi connectivity index (χ3n) is 9.31. The fraction of sp³-hybridized carbons (Fsp3) is 0.314. The topological polar surface area (TPSA) is 184 Å². The van der Waals surface area contributed by atoms with Gasteiger partial charge in [-0.1, -0.05) is 12.1 Å². The second-order valence-electron chi connectivity index (χ2n) is 12.3. The van der Waals surface area contributed by atoms with E-state index in [0.717, 1.165) is 28.7 Å². The second kappa shape index (κ2) is 12.8. The van der Waals surface area contributed by atoms with E-state index in [4.69, 9.17) is 11.5 Å². The van der Waals surface area contributed by atoms with Crippen LogP contribution in [0.3, 0.4) is 0 Å². The number of rotatable bonds is 9. The Morgan fingerprint density at radius 2 is 1.64 bits per heavy atom. The predicted octanol–water partition coefficient (Wildman–Crippen LogP) is 3.12. The summed E-state index contributed by atoms with van der Waals surface area (Å²) < 4.78 is 13.8. The summed E-state index contributed by atoms with van der Waals surface area (Å²) in [6.07, 6.45) is 2.91. The number of hydrogen-bond donors (Lipinski definition) is 4. The first kappa shape index (κ1) is 31.6. The highest BCUT2D eigenvalue weighted by molar-refractivity contribution is 5.94. The van der Waals surface area contributed by atoms with Gasteiger partial charge in [0.25, 0.3) is 0 Å². The molecule has 0 saturated carbocycles. The van der Waals surface area contributed by atoms with E-state index in [9.17, 15) is 24.0 Å². The van der Waals surface area contributed by atoms with Gasteiger partial charge in [-0.15, -0.1) is 10.2 Å². The number of benzene rings is 3. The number of primary amides is 2. The first-order chi connectivity index (χ1) is 22.6. The number of amides is 3. The Morgan fingerprint density at radius 3 is 2.21 bits per heavy atom. The molecule has 47 heavy (non-hydrogen) atoms. The zero-order valence-corrected chi connectivity index (χ0v) is 25.9. The molecular weight excluding hydrogens is 599 g/mol. The number of likely N-dealkylation sites (tertiary alicyclic amines) is 1. The molecule has 6 rings (SSSR count). The summed E-state index contributed by atoms with van der Waals surface area (Å²) in [5.41, 5.74) is 15.2. The molecule has 2 aliphatic rings. The van der Waals surface area contributed by atoms with Crippen molar-refractivity contribution in [3.63, 3.8) is 0 Å². The van der Waals surface area contributed by atoms with E-state index in [2.05, 4.69) is 26.6 Å². The minimum atomic E-state index is -1.02. The van der Waals surface area contributed by atoms with Gasteiger partial charge in [-0.3, -0.25) is 14.4 Å². The lowest BCUT2D eigenvalue weighted by atomic mass is 9.67. The highest BCUT2D eigenvalue weighted by Crippen LogP contribution is 2.47. The summed E-state index contributed by atoms with van der Waals surface area (Å²) in [7, 11) is 0. The van der Waals surface area contributed by atoms with Gasteiger partial charge >= 0.3 is 0 Å². The van der Waals surface area contributed by atoms with Crippen molar-refractivity contribution in [3.05, 3.63) is 106 Å². The van der Waals surface area contributed by atoms with E-state index in [1.165, 1.54) is 12.1 Å². The Hall–Kier alpha value is -5.41. The molecule has 1 saturated heterocycles. The number of carbonyl (C=O) groups excluding carboxylic acids is 3. The van der Waals surface area contributed by atoms with E-state index in [1.807, 2.05) is 19.1 Å². The summed E-state index contributed by atoms with van der Waals surface area (Å²) in [4.78, 5) is 42.7. The largest absolute Gasteiger partial charge is 0.366 e. The molecule has 6 N–H and O–H groups in total. The van der Waals surface area contributed by atoms with Crippen LogP contribution in [0.15, 0.2) is 60.7 Å². The van der Waals surface area contributed by atoms with Crippen molar-refractivity contribution in [3.8, 4) is 17.5 Å². The molecule has 1 aliphatic carbocycles. The molecule has 4 aromatic rings. The Balaban J connectivity index is 1.49. The molecule has 1 fully saturated rings. The van der Waals surface area contributed by atoms with Crippen molar-refractivity contribution in [1.29, 1.82) is 5.26 Å². The van der Waals surface area contributed by atoms with Gasteiger partial charge in [0.1, 0.15) is 17.7 Å². The van der Waals surface area contributed by atoms with Gasteiger partial charge in [-0.2, -0.15) is 5.26 Å². The third kappa shape index (κ3) is 5.97. The van der Waals surface area contributed by atoms with Crippen molar-refractivity contribution < 1.29 is 18.8 Å². The second-order valence-corrected chi connectivity index (χ2v) is 12.3. The monoisotopic (exact) mass is 634 g/mol. The molecule has 0 bridgehead atoms. The molecule has 1 aromatic heterocycles. The van der Waals surface area contributed by atoms with Gasteiger partial charge < -0.3 is 26.7 Å². The number of fused-ring (bicyclic) bond motifs is 2. The first-order valence-electron chi connectivity index (χ1n) is 15.6. The normalized spacial score (nSPS) is 17.2. The minimum absolute atomic E-state index is 0.0353. The van der Waals surface area contributed by atoms with Crippen LogP contribution in [0.5, 0.6) is 0 Å². The van der Waals surface area contributed by atoms with Crippen LogP contribution in [0.1, 0.15) is 75.0 Å². The number of nitriles is 1. The highest BCUT2D eigenvalue weighted by Gasteiger charge is 2.45. The summed E-state index contributed by atoms with van der Waals surface area (Å²) in [6.45, 7) is 2.55. The number of aryl methyl sites for hydroxylation is 2. The van der Waals surface area contributed by atoms with Crippen molar-refractivity contribution in [2.75, 3.05) is 13.1 Å². The van der Waals surface area contributed by atoms with Gasteiger partial charge in [-0.25, -0.2) is 4.39 Å². The van der Waals surface area contributed by atoms with Crippen molar-refractivity contribution >= 4 is 17.7 Å². The minimum Gasteiger partial charge on any atom is -0.366 e. The molecule has 2 heterocycles. The maximum atomic E-state index is 13.8. The average molecular weight is 635 g/mol. The number of carbonyl (C=O) groups is 3. The fourth-order valence-electron chi connectivity index (χ4n) is 7.01. The third-order valence-corrected chi connectivity index (χ3v) is 9.31. The van der Waals surface area contributed by atoms with E-state index in [0.29, 0.717) is 60.6 Å². The van der Waals surface area contributed by atoms with Crippen LogP contribution in [-0.2, 0) is 23.1 Å². The molecule has 2 atom stereocenters. The van der Waals surface area contributed by atoms with Crippen LogP contribution in [0.4, 0.5) is 4.39 Å². The summed E-state index contributed by atoms with van der Waals surface area (Å²) >= 11 is 0. The van der Waals surface area contributed by atoms with Gasteiger partial charge in [0, 0.05) is 29.3 Å². The SMILES string of the molecule is C[C@H](CC1(c2nnc(-c3ccc(F)cc3)[nH]2)c2ccc(C(N)=O)cc2CCc2cc(C(N)=O)ccc21)NCC(=O)N1CCC[C@H]1C#N. The van der Waals surface area contributed by atoms with E-state index >= 15 is 0 Å². The van der Waals surface area contributed by atoms with Crippen molar-refractivity contribution in [2.45, 2.75) is 56.5 Å². The lowest BCUT2D eigenvalue weighted by Gasteiger charge is -2.37. The Kier molecular flexibility index (Phi) is 8.58. The molecule has 1 aliphatic heterocycles. The molecule has 0 radical (unpaired) electrons. The fourth-order valence-corrected chi connectivity index (χ4v) is 7.01. The van der Waals surface area contributed by atoms with E-state index in [1.54, 1.807) is 41.3 Å². The molecule has 3 aromatic carbocycles. The molecule has 0 spiro atoms. The van der Waals surface area contributed by atoms with Crippen molar-refractivity contribution in [2.24, 2.45) is 11.5 Å². The zero-order chi connectivity index (χ0) is 33.3. The van der Waals surface area contributed by atoms with E-state index < -0.39 is 23.3 Å². The van der Waals surface area contributed by atoms with Crippen LogP contribution in [0.2, 0.25) is 0 Å². The average Bonchev–Trinajstić information content (AvgIpc) is 3.74. The van der Waals surface area contributed by atoms with Crippen molar-refractivity contribution in [1.82, 2.24) is 25.4 Å². The Bertz CT molecular complexity index is 1830. The lowest BCUT2D eigenvalue weighted by molar-refractivity contribution is -0.130. The zero-order valence-electron chi connectivity index (χ0n) is 25.9. The van der Waals surface area contributed by atoms with E-state index in [-0.39, 0.29) is 24.3 Å².